The fourth-order valence-electron chi connectivity index (χ4n) is 1.54. The van der Waals surface area contributed by atoms with E-state index in [2.05, 4.69) is 22.0 Å². The SMILES string of the molecule is CCCc1ncc2c(=O)[nH]c(CC)nn12. The number of aryl methyl sites for hydroxylation is 2. The number of rotatable bonds is 3. The zero-order valence-electron chi connectivity index (χ0n) is 8.95. The van der Waals surface area contributed by atoms with Crippen LogP contribution in [0, 0.1) is 0 Å². The zero-order chi connectivity index (χ0) is 10.8. The highest BCUT2D eigenvalue weighted by molar-refractivity contribution is 5.41. The molecule has 1 N–H and O–H groups in total. The van der Waals surface area contributed by atoms with E-state index in [9.17, 15) is 4.79 Å². The summed E-state index contributed by atoms with van der Waals surface area (Å²) in [5.74, 6) is 1.55. The van der Waals surface area contributed by atoms with Gasteiger partial charge in [-0.1, -0.05) is 13.8 Å². The lowest BCUT2D eigenvalue weighted by molar-refractivity contribution is 0.730. The molecule has 0 saturated carbocycles. The number of H-pyrrole nitrogens is 1. The number of nitrogens with zero attached hydrogens (tertiary/aromatic N) is 3. The van der Waals surface area contributed by atoms with Gasteiger partial charge in [0.15, 0.2) is 5.52 Å². The second-order valence-electron chi connectivity index (χ2n) is 3.48. The van der Waals surface area contributed by atoms with Gasteiger partial charge in [0.05, 0.1) is 6.20 Å². The maximum atomic E-state index is 11.6. The van der Waals surface area contributed by atoms with E-state index in [0.717, 1.165) is 25.1 Å². The third kappa shape index (κ3) is 1.65. The summed E-state index contributed by atoms with van der Waals surface area (Å²) in [6.45, 7) is 4.04. The number of nitrogens with one attached hydrogen (secondary N) is 1. The first-order chi connectivity index (χ1) is 7.26. The van der Waals surface area contributed by atoms with Crippen LogP contribution >= 0.6 is 0 Å². The smallest absolute Gasteiger partial charge is 0.276 e. The molecule has 0 aromatic carbocycles. The minimum atomic E-state index is -0.114. The number of imidazole rings is 1. The van der Waals surface area contributed by atoms with Crippen molar-refractivity contribution in [3.8, 4) is 0 Å². The number of aromatic nitrogens is 4. The van der Waals surface area contributed by atoms with Crippen molar-refractivity contribution in [3.63, 3.8) is 0 Å². The first-order valence-corrected chi connectivity index (χ1v) is 5.22. The zero-order valence-corrected chi connectivity index (χ0v) is 8.95. The van der Waals surface area contributed by atoms with Crippen LogP contribution in [0.4, 0.5) is 0 Å². The highest BCUT2D eigenvalue weighted by Crippen LogP contribution is 2.03. The molecule has 0 aliphatic carbocycles. The Labute approximate surface area is 87.2 Å². The van der Waals surface area contributed by atoms with Crippen molar-refractivity contribution >= 4 is 5.52 Å². The summed E-state index contributed by atoms with van der Waals surface area (Å²) in [6.07, 6.45) is 4.13. The molecule has 0 aliphatic rings. The van der Waals surface area contributed by atoms with Gasteiger partial charge in [0.2, 0.25) is 0 Å². The van der Waals surface area contributed by atoms with E-state index in [4.69, 9.17) is 0 Å². The molecule has 5 heteroatoms. The number of aromatic amines is 1. The van der Waals surface area contributed by atoms with Crippen molar-refractivity contribution in [2.24, 2.45) is 0 Å². The lowest BCUT2D eigenvalue weighted by Crippen LogP contribution is -2.16. The van der Waals surface area contributed by atoms with Gasteiger partial charge in [-0.25, -0.2) is 9.50 Å². The highest BCUT2D eigenvalue weighted by atomic mass is 16.1. The Morgan fingerprint density at radius 3 is 2.93 bits per heavy atom. The molecule has 0 radical (unpaired) electrons. The van der Waals surface area contributed by atoms with Crippen LogP contribution in [0.15, 0.2) is 11.0 Å². The lowest BCUT2D eigenvalue weighted by atomic mass is 10.3. The molecule has 0 spiro atoms. The van der Waals surface area contributed by atoms with Gasteiger partial charge in [0, 0.05) is 12.8 Å². The predicted molar refractivity (Wildman–Crippen MR) is 57.0 cm³/mol. The largest absolute Gasteiger partial charge is 0.307 e. The van der Waals surface area contributed by atoms with Gasteiger partial charge in [-0.2, -0.15) is 5.10 Å². The molecule has 0 unspecified atom stereocenters. The third-order valence-electron chi connectivity index (χ3n) is 2.33. The van der Waals surface area contributed by atoms with Gasteiger partial charge >= 0.3 is 0 Å². The summed E-state index contributed by atoms with van der Waals surface area (Å²) in [6, 6.07) is 0. The molecule has 2 rings (SSSR count). The second-order valence-corrected chi connectivity index (χ2v) is 3.48. The minimum absolute atomic E-state index is 0.114. The lowest BCUT2D eigenvalue weighted by Gasteiger charge is -2.00. The topological polar surface area (TPSA) is 63.0 Å². The van der Waals surface area contributed by atoms with Gasteiger partial charge in [-0.3, -0.25) is 4.79 Å². The quantitative estimate of drug-likeness (QED) is 0.812. The molecule has 0 atom stereocenters. The first kappa shape index (κ1) is 9.89. The Balaban J connectivity index is 2.67. The van der Waals surface area contributed by atoms with E-state index in [1.165, 1.54) is 0 Å². The van der Waals surface area contributed by atoms with Crippen LogP contribution in [0.2, 0.25) is 0 Å². The summed E-state index contributed by atoms with van der Waals surface area (Å²) in [7, 11) is 0. The van der Waals surface area contributed by atoms with Crippen LogP contribution in [-0.2, 0) is 12.8 Å². The van der Waals surface area contributed by atoms with E-state index in [0.29, 0.717) is 11.3 Å². The molecule has 5 nitrogen and oxygen atoms in total. The van der Waals surface area contributed by atoms with Crippen LogP contribution in [-0.4, -0.2) is 19.6 Å². The van der Waals surface area contributed by atoms with Crippen LogP contribution in [0.3, 0.4) is 0 Å². The van der Waals surface area contributed by atoms with E-state index in [1.54, 1.807) is 10.7 Å². The standard InChI is InChI=1S/C10H14N4O/c1-3-5-9-11-6-7-10(15)12-8(4-2)13-14(7)9/h6H,3-5H2,1-2H3,(H,12,13,15). The number of fused-ring (bicyclic) bond motifs is 1. The molecule has 2 aromatic heterocycles. The number of hydrogen-bond donors (Lipinski definition) is 1. The summed E-state index contributed by atoms with van der Waals surface area (Å²) in [5.41, 5.74) is 0.410. The van der Waals surface area contributed by atoms with Crippen LogP contribution in [0.25, 0.3) is 5.52 Å². The van der Waals surface area contributed by atoms with Gasteiger partial charge in [0.1, 0.15) is 11.6 Å². The molecule has 2 aromatic rings. The molecule has 0 saturated heterocycles. The maximum absolute atomic E-state index is 11.6. The van der Waals surface area contributed by atoms with E-state index in [-0.39, 0.29) is 5.56 Å². The van der Waals surface area contributed by atoms with Crippen molar-refractivity contribution in [3.05, 3.63) is 28.2 Å². The normalized spacial score (nSPS) is 11.1. The Bertz CT molecular complexity index is 526. The Morgan fingerprint density at radius 1 is 1.47 bits per heavy atom. The summed E-state index contributed by atoms with van der Waals surface area (Å²) >= 11 is 0. The van der Waals surface area contributed by atoms with Gasteiger partial charge < -0.3 is 4.98 Å². The molecule has 15 heavy (non-hydrogen) atoms. The van der Waals surface area contributed by atoms with Gasteiger partial charge in [-0.05, 0) is 6.42 Å². The molecule has 80 valence electrons. The predicted octanol–water partition coefficient (Wildman–Crippen LogP) is 0.932. The second kappa shape index (κ2) is 3.84. The van der Waals surface area contributed by atoms with Gasteiger partial charge in [0.25, 0.3) is 5.56 Å². The highest BCUT2D eigenvalue weighted by Gasteiger charge is 2.07. The molecule has 0 bridgehead atoms. The summed E-state index contributed by atoms with van der Waals surface area (Å²) in [5, 5.41) is 4.33. The van der Waals surface area contributed by atoms with Crippen molar-refractivity contribution in [1.82, 2.24) is 19.6 Å². The summed E-state index contributed by atoms with van der Waals surface area (Å²) in [4.78, 5) is 18.5. The molecule has 0 amide bonds. The monoisotopic (exact) mass is 206 g/mol. The van der Waals surface area contributed by atoms with E-state index >= 15 is 0 Å². The van der Waals surface area contributed by atoms with Crippen molar-refractivity contribution in [2.45, 2.75) is 33.1 Å². The first-order valence-electron chi connectivity index (χ1n) is 5.22. The summed E-state index contributed by atoms with van der Waals surface area (Å²) < 4.78 is 1.65. The third-order valence-corrected chi connectivity index (χ3v) is 2.33. The molecule has 0 fully saturated rings. The van der Waals surface area contributed by atoms with E-state index < -0.39 is 0 Å². The van der Waals surface area contributed by atoms with E-state index in [1.807, 2.05) is 6.92 Å². The Morgan fingerprint density at radius 2 is 2.27 bits per heavy atom. The average Bonchev–Trinajstić information content (AvgIpc) is 2.63. The van der Waals surface area contributed by atoms with Crippen molar-refractivity contribution in [2.75, 3.05) is 0 Å². The fraction of sp³-hybridized carbons (Fsp3) is 0.500. The van der Waals surface area contributed by atoms with Crippen molar-refractivity contribution in [1.29, 1.82) is 0 Å². The Kier molecular flexibility index (Phi) is 2.53. The minimum Gasteiger partial charge on any atom is -0.307 e. The van der Waals surface area contributed by atoms with Crippen molar-refractivity contribution < 1.29 is 0 Å². The van der Waals surface area contributed by atoms with Crippen LogP contribution in [0.1, 0.15) is 31.9 Å². The average molecular weight is 206 g/mol. The Hall–Kier alpha value is -1.65. The molecular weight excluding hydrogens is 192 g/mol. The molecule has 2 heterocycles. The van der Waals surface area contributed by atoms with Crippen LogP contribution < -0.4 is 5.56 Å². The molecular formula is C10H14N4O. The van der Waals surface area contributed by atoms with Gasteiger partial charge in [-0.15, -0.1) is 0 Å². The molecule has 0 aliphatic heterocycles. The maximum Gasteiger partial charge on any atom is 0.276 e. The number of hydrogen-bond acceptors (Lipinski definition) is 3. The fourth-order valence-corrected chi connectivity index (χ4v) is 1.54. The van der Waals surface area contributed by atoms with Crippen LogP contribution in [0.5, 0.6) is 0 Å².